The predicted octanol–water partition coefficient (Wildman–Crippen LogP) is 7.69. The molecule has 0 bridgehead atoms. The standard InChI is InChI=1S/C30H38F3NO2/c1-5-18(2)22-9-10-23-21(12-16-34)24(11-13-27(22,23)3)28(4)14-15-29(26(36-29)25(28)35)19-7-6-8-20(17-19)30(31,32)33/h6-8,17-18,21-24,26H,5,9-15H2,1-4H3/t18?,21?,22-,23+,24?,26-,27-,28-,29-/m1/s1. The molecule has 0 spiro atoms. The summed E-state index contributed by atoms with van der Waals surface area (Å²) in [6.45, 7) is 9.09. The van der Waals surface area contributed by atoms with E-state index in [1.807, 2.05) is 6.92 Å². The first-order valence-corrected chi connectivity index (χ1v) is 13.7. The van der Waals surface area contributed by atoms with Crippen molar-refractivity contribution in [2.24, 2.45) is 40.4 Å². The van der Waals surface area contributed by atoms with Gasteiger partial charge in [-0.3, -0.25) is 4.79 Å². The highest BCUT2D eigenvalue weighted by Gasteiger charge is 2.70. The Bertz CT molecular complexity index is 1080. The second kappa shape index (κ2) is 8.58. The molecule has 1 aromatic rings. The van der Waals surface area contributed by atoms with Crippen LogP contribution >= 0.6 is 0 Å². The van der Waals surface area contributed by atoms with Gasteiger partial charge < -0.3 is 4.74 Å². The number of hydrogen-bond donors (Lipinski definition) is 0. The number of alkyl halides is 3. The lowest BCUT2D eigenvalue weighted by Gasteiger charge is -2.54. The van der Waals surface area contributed by atoms with E-state index in [1.165, 1.54) is 12.5 Å². The van der Waals surface area contributed by atoms with Crippen molar-refractivity contribution in [3.8, 4) is 6.07 Å². The molecular weight excluding hydrogens is 463 g/mol. The van der Waals surface area contributed by atoms with Crippen molar-refractivity contribution in [2.75, 3.05) is 0 Å². The minimum Gasteiger partial charge on any atom is -0.353 e. The second-order valence-corrected chi connectivity index (χ2v) is 12.6. The number of carbonyl (C=O) groups excluding carboxylic acids is 1. The summed E-state index contributed by atoms with van der Waals surface area (Å²) in [7, 11) is 0. The van der Waals surface area contributed by atoms with E-state index in [1.54, 1.807) is 6.07 Å². The first kappa shape index (κ1) is 25.8. The zero-order valence-electron chi connectivity index (χ0n) is 21.8. The van der Waals surface area contributed by atoms with Crippen molar-refractivity contribution < 1.29 is 22.7 Å². The van der Waals surface area contributed by atoms with Crippen LogP contribution in [-0.4, -0.2) is 11.9 Å². The molecule has 3 aliphatic carbocycles. The molecule has 0 aromatic heterocycles. The number of carbonyl (C=O) groups is 1. The van der Waals surface area contributed by atoms with Crippen molar-refractivity contribution >= 4 is 5.78 Å². The van der Waals surface area contributed by atoms with Gasteiger partial charge in [-0.1, -0.05) is 46.2 Å². The third-order valence-electron chi connectivity index (χ3n) is 11.2. The monoisotopic (exact) mass is 501 g/mol. The molecule has 1 aliphatic heterocycles. The van der Waals surface area contributed by atoms with Crippen molar-refractivity contribution in [3.63, 3.8) is 0 Å². The van der Waals surface area contributed by atoms with Crippen LogP contribution in [0, 0.1) is 51.8 Å². The molecule has 196 valence electrons. The zero-order chi connectivity index (χ0) is 26.1. The first-order chi connectivity index (χ1) is 16.9. The quantitative estimate of drug-likeness (QED) is 0.389. The highest BCUT2D eigenvalue weighted by Crippen LogP contribution is 2.67. The lowest BCUT2D eigenvalue weighted by molar-refractivity contribution is -0.140. The Morgan fingerprint density at radius 2 is 1.89 bits per heavy atom. The van der Waals surface area contributed by atoms with Crippen molar-refractivity contribution in [1.82, 2.24) is 0 Å². The molecule has 1 heterocycles. The van der Waals surface area contributed by atoms with Crippen LogP contribution in [0.3, 0.4) is 0 Å². The van der Waals surface area contributed by atoms with Crippen molar-refractivity contribution in [1.29, 1.82) is 5.26 Å². The molecule has 6 heteroatoms. The van der Waals surface area contributed by atoms with E-state index < -0.39 is 28.9 Å². The summed E-state index contributed by atoms with van der Waals surface area (Å²) >= 11 is 0. The number of rotatable bonds is 5. The number of hydrogen-bond acceptors (Lipinski definition) is 3. The van der Waals surface area contributed by atoms with E-state index >= 15 is 0 Å². The number of benzene rings is 1. The molecule has 0 radical (unpaired) electrons. The van der Waals surface area contributed by atoms with Gasteiger partial charge in [0.05, 0.1) is 11.6 Å². The Kier molecular flexibility index (Phi) is 6.14. The van der Waals surface area contributed by atoms with E-state index in [9.17, 15) is 23.2 Å². The van der Waals surface area contributed by atoms with Crippen molar-refractivity contribution in [2.45, 2.75) is 96.9 Å². The molecule has 0 N–H and O–H groups in total. The first-order valence-electron chi connectivity index (χ1n) is 13.7. The summed E-state index contributed by atoms with van der Waals surface area (Å²) in [4.78, 5) is 14.0. The number of fused-ring (bicyclic) bond motifs is 2. The van der Waals surface area contributed by atoms with Crippen molar-refractivity contribution in [3.05, 3.63) is 35.4 Å². The summed E-state index contributed by atoms with van der Waals surface area (Å²) in [5.74, 6) is 2.07. The second-order valence-electron chi connectivity index (χ2n) is 12.6. The lowest BCUT2D eigenvalue weighted by atomic mass is 9.49. The van der Waals surface area contributed by atoms with Crippen LogP contribution in [0.4, 0.5) is 13.2 Å². The highest BCUT2D eigenvalue weighted by molar-refractivity contribution is 5.93. The van der Waals surface area contributed by atoms with Gasteiger partial charge in [-0.2, -0.15) is 18.4 Å². The summed E-state index contributed by atoms with van der Waals surface area (Å²) in [6, 6.07) is 7.72. The van der Waals surface area contributed by atoms with Gasteiger partial charge in [-0.15, -0.1) is 0 Å². The molecule has 0 amide bonds. The summed E-state index contributed by atoms with van der Waals surface area (Å²) in [5.41, 5.74) is -1.58. The van der Waals surface area contributed by atoms with Gasteiger partial charge in [-0.25, -0.2) is 0 Å². The Labute approximate surface area is 212 Å². The van der Waals surface area contributed by atoms with Gasteiger partial charge in [0.1, 0.15) is 5.60 Å². The average Bonchev–Trinajstić information content (AvgIpc) is 3.50. The fourth-order valence-corrected chi connectivity index (χ4v) is 8.92. The molecule has 1 aromatic carbocycles. The number of nitriles is 1. The topological polar surface area (TPSA) is 53.4 Å². The zero-order valence-corrected chi connectivity index (χ0v) is 21.8. The van der Waals surface area contributed by atoms with Gasteiger partial charge in [0.15, 0.2) is 11.9 Å². The minimum atomic E-state index is -4.43. The average molecular weight is 502 g/mol. The maximum Gasteiger partial charge on any atom is 0.416 e. The minimum absolute atomic E-state index is 0.0270. The Balaban J connectivity index is 1.41. The van der Waals surface area contributed by atoms with E-state index in [0.717, 1.165) is 37.8 Å². The van der Waals surface area contributed by atoms with Crippen LogP contribution in [0.5, 0.6) is 0 Å². The molecule has 9 atom stereocenters. The third kappa shape index (κ3) is 3.67. The lowest BCUT2D eigenvalue weighted by Crippen LogP contribution is -2.52. The van der Waals surface area contributed by atoms with Crippen LogP contribution in [0.25, 0.3) is 0 Å². The van der Waals surface area contributed by atoms with Gasteiger partial charge >= 0.3 is 6.18 Å². The van der Waals surface area contributed by atoms with Crippen LogP contribution in [-0.2, 0) is 21.3 Å². The molecule has 4 fully saturated rings. The number of halogens is 3. The van der Waals surface area contributed by atoms with Crippen LogP contribution in [0.2, 0.25) is 0 Å². The highest BCUT2D eigenvalue weighted by atomic mass is 19.4. The fourth-order valence-electron chi connectivity index (χ4n) is 8.92. The normalized spacial score (nSPS) is 42.8. The number of ketones is 1. The molecule has 3 nitrogen and oxygen atoms in total. The maximum atomic E-state index is 14.0. The Hall–Kier alpha value is -1.87. The van der Waals surface area contributed by atoms with Crippen LogP contribution in [0.1, 0.15) is 90.2 Å². The summed E-state index contributed by atoms with van der Waals surface area (Å²) in [5, 5.41) is 9.80. The SMILES string of the molecule is CCC(C)[C@H]1CC[C@H]2C(CC#N)C([C@@]3(C)CC[C@]4(c5cccc(C(F)(F)F)c5)O[C@@H]4C3=O)CC[C@]12C. The molecule has 3 unspecified atom stereocenters. The molecule has 4 aliphatic rings. The van der Waals surface area contributed by atoms with Gasteiger partial charge in [-0.05, 0) is 91.2 Å². The summed E-state index contributed by atoms with van der Waals surface area (Å²) < 4.78 is 46.0. The Morgan fingerprint density at radius 1 is 1.14 bits per heavy atom. The maximum absolute atomic E-state index is 14.0. The summed E-state index contributed by atoms with van der Waals surface area (Å²) in [6.07, 6.45) is 1.94. The number of Topliss-reactive ketones (excluding diaryl/α,β-unsaturated/α-hetero) is 1. The molecule has 1 saturated heterocycles. The van der Waals surface area contributed by atoms with Gasteiger partial charge in [0.25, 0.3) is 0 Å². The smallest absolute Gasteiger partial charge is 0.353 e. The molecule has 3 saturated carbocycles. The Morgan fingerprint density at radius 3 is 2.56 bits per heavy atom. The van der Waals surface area contributed by atoms with Crippen LogP contribution in [0.15, 0.2) is 24.3 Å². The van der Waals surface area contributed by atoms with Gasteiger partial charge in [0.2, 0.25) is 0 Å². The molecular formula is C30H38F3NO2. The van der Waals surface area contributed by atoms with Crippen LogP contribution < -0.4 is 0 Å². The van der Waals surface area contributed by atoms with E-state index in [-0.39, 0.29) is 23.0 Å². The van der Waals surface area contributed by atoms with E-state index in [2.05, 4.69) is 26.8 Å². The number of nitrogens with zero attached hydrogens (tertiary/aromatic N) is 1. The van der Waals surface area contributed by atoms with E-state index in [4.69, 9.17) is 4.74 Å². The third-order valence-corrected chi connectivity index (χ3v) is 11.2. The fraction of sp³-hybridized carbons (Fsp3) is 0.733. The largest absolute Gasteiger partial charge is 0.416 e. The predicted molar refractivity (Wildman–Crippen MR) is 131 cm³/mol. The molecule has 5 rings (SSSR count). The van der Waals surface area contributed by atoms with E-state index in [0.29, 0.717) is 42.6 Å². The number of ether oxygens (including phenoxy) is 1. The molecule has 36 heavy (non-hydrogen) atoms. The number of epoxide rings is 1. The van der Waals surface area contributed by atoms with Gasteiger partial charge in [0, 0.05) is 11.8 Å².